The van der Waals surface area contributed by atoms with Crippen LogP contribution in [0.2, 0.25) is 25.7 Å². The molecule has 1 aromatic carbocycles. The number of ether oxygens (including phenoxy) is 2. The molecular weight excluding hydrogens is 374 g/mol. The van der Waals surface area contributed by atoms with Crippen LogP contribution in [0.3, 0.4) is 0 Å². The van der Waals surface area contributed by atoms with Gasteiger partial charge in [-0.25, -0.2) is 0 Å². The second kappa shape index (κ2) is 9.25. The van der Waals surface area contributed by atoms with Crippen LogP contribution in [0.25, 0.3) is 0 Å². The zero-order chi connectivity index (χ0) is 17.5. The van der Waals surface area contributed by atoms with Crippen molar-refractivity contribution in [2.24, 2.45) is 0 Å². The van der Waals surface area contributed by atoms with Gasteiger partial charge in [-0.15, -0.1) is 6.58 Å². The van der Waals surface area contributed by atoms with Gasteiger partial charge in [0.1, 0.15) is 12.5 Å². The Labute approximate surface area is 148 Å². The normalized spacial score (nSPS) is 11.2. The standard InChI is InChI=1S/C17H26BrNO3Si/c1-6-10-19(13-22-11-12-23(3,4)5)17(20)16-14(18)8-7-9-15(16)21-2/h6-9H,1,10-13H2,2-5H3. The highest BCUT2D eigenvalue weighted by Gasteiger charge is 2.22. The van der Waals surface area contributed by atoms with Crippen LogP contribution < -0.4 is 4.74 Å². The number of rotatable bonds is 9. The van der Waals surface area contributed by atoms with Gasteiger partial charge in [-0.2, -0.15) is 0 Å². The minimum absolute atomic E-state index is 0.137. The quantitative estimate of drug-likeness (QED) is 0.267. The van der Waals surface area contributed by atoms with E-state index in [9.17, 15) is 4.79 Å². The fraction of sp³-hybridized carbons (Fsp3) is 0.471. The minimum atomic E-state index is -1.14. The largest absolute Gasteiger partial charge is 0.496 e. The summed E-state index contributed by atoms with van der Waals surface area (Å²) in [6.45, 7) is 12.0. The molecule has 0 aliphatic carbocycles. The van der Waals surface area contributed by atoms with Crippen LogP contribution in [0.15, 0.2) is 35.3 Å². The second-order valence-corrected chi connectivity index (χ2v) is 13.0. The molecule has 128 valence electrons. The van der Waals surface area contributed by atoms with E-state index in [0.717, 1.165) is 6.04 Å². The van der Waals surface area contributed by atoms with Gasteiger partial charge in [0.05, 0.1) is 12.7 Å². The molecule has 0 heterocycles. The summed E-state index contributed by atoms with van der Waals surface area (Å²) >= 11 is 3.43. The van der Waals surface area contributed by atoms with E-state index in [1.54, 1.807) is 24.2 Å². The van der Waals surface area contributed by atoms with Crippen LogP contribution in [-0.2, 0) is 4.74 Å². The molecule has 0 saturated carbocycles. The lowest BCUT2D eigenvalue weighted by Gasteiger charge is -2.23. The minimum Gasteiger partial charge on any atom is -0.496 e. The predicted molar refractivity (Wildman–Crippen MR) is 101 cm³/mol. The SMILES string of the molecule is C=CCN(COCC[Si](C)(C)C)C(=O)c1c(Br)cccc1OC. The maximum atomic E-state index is 12.8. The number of halogens is 1. The third-order valence-electron chi connectivity index (χ3n) is 3.29. The van der Waals surface area contributed by atoms with Crippen LogP contribution in [0.5, 0.6) is 5.75 Å². The molecule has 1 amide bonds. The lowest BCUT2D eigenvalue weighted by Crippen LogP contribution is -2.34. The summed E-state index contributed by atoms with van der Waals surface area (Å²) in [7, 11) is 0.418. The van der Waals surface area contributed by atoms with Crippen LogP contribution in [0.1, 0.15) is 10.4 Å². The molecule has 0 aliphatic heterocycles. The molecule has 6 heteroatoms. The molecule has 1 aromatic rings. The monoisotopic (exact) mass is 399 g/mol. The molecule has 0 aromatic heterocycles. The summed E-state index contributed by atoms with van der Waals surface area (Å²) in [5.74, 6) is 0.405. The Balaban J connectivity index is 2.81. The summed E-state index contributed by atoms with van der Waals surface area (Å²) in [6, 6.07) is 6.51. The first-order chi connectivity index (χ1) is 10.8. The first-order valence-electron chi connectivity index (χ1n) is 7.60. The lowest BCUT2D eigenvalue weighted by molar-refractivity contribution is 0.0320. The molecule has 0 spiro atoms. The fourth-order valence-electron chi connectivity index (χ4n) is 1.94. The molecule has 23 heavy (non-hydrogen) atoms. The average molecular weight is 400 g/mol. The molecule has 0 radical (unpaired) electrons. The van der Waals surface area contributed by atoms with Crippen LogP contribution >= 0.6 is 15.9 Å². The smallest absolute Gasteiger partial charge is 0.260 e. The van der Waals surface area contributed by atoms with E-state index in [4.69, 9.17) is 9.47 Å². The van der Waals surface area contributed by atoms with Crippen LogP contribution in [0, 0.1) is 0 Å². The number of methoxy groups -OCH3 is 1. The number of hydrogen-bond acceptors (Lipinski definition) is 3. The lowest BCUT2D eigenvalue weighted by atomic mass is 10.1. The van der Waals surface area contributed by atoms with Gasteiger partial charge in [0.15, 0.2) is 0 Å². The van der Waals surface area contributed by atoms with E-state index in [0.29, 0.717) is 28.9 Å². The molecule has 0 aliphatic rings. The zero-order valence-electron chi connectivity index (χ0n) is 14.4. The number of hydrogen-bond donors (Lipinski definition) is 0. The number of nitrogens with zero attached hydrogens (tertiary/aromatic N) is 1. The van der Waals surface area contributed by atoms with Gasteiger partial charge < -0.3 is 14.4 Å². The maximum Gasteiger partial charge on any atom is 0.260 e. The summed E-state index contributed by atoms with van der Waals surface area (Å²) in [5.41, 5.74) is 0.505. The molecule has 0 bridgehead atoms. The van der Waals surface area contributed by atoms with Crippen molar-refractivity contribution in [2.75, 3.05) is 27.0 Å². The van der Waals surface area contributed by atoms with E-state index < -0.39 is 8.07 Å². The third-order valence-corrected chi connectivity index (χ3v) is 5.65. The van der Waals surface area contributed by atoms with E-state index in [1.165, 1.54) is 0 Å². The average Bonchev–Trinajstić information content (AvgIpc) is 2.48. The second-order valence-electron chi connectivity index (χ2n) is 6.48. The third kappa shape index (κ3) is 6.49. The first kappa shape index (κ1) is 19.9. The molecule has 0 unspecified atom stereocenters. The summed E-state index contributed by atoms with van der Waals surface area (Å²) in [4.78, 5) is 14.4. The Bertz CT molecular complexity index is 543. The molecule has 0 saturated heterocycles. The fourth-order valence-corrected chi connectivity index (χ4v) is 3.22. The van der Waals surface area contributed by atoms with Crippen LogP contribution in [-0.4, -0.2) is 45.9 Å². The highest BCUT2D eigenvalue weighted by molar-refractivity contribution is 9.10. The maximum absolute atomic E-state index is 12.8. The van der Waals surface area contributed by atoms with Crippen molar-refractivity contribution in [1.29, 1.82) is 0 Å². The number of benzene rings is 1. The topological polar surface area (TPSA) is 38.8 Å². The van der Waals surface area contributed by atoms with E-state index in [1.807, 2.05) is 12.1 Å². The van der Waals surface area contributed by atoms with Crippen molar-refractivity contribution in [2.45, 2.75) is 25.7 Å². The highest BCUT2D eigenvalue weighted by atomic mass is 79.9. The van der Waals surface area contributed by atoms with Gasteiger partial charge in [-0.1, -0.05) is 31.8 Å². The first-order valence-corrected chi connectivity index (χ1v) is 12.1. The van der Waals surface area contributed by atoms with Gasteiger partial charge in [-0.05, 0) is 34.1 Å². The van der Waals surface area contributed by atoms with Crippen molar-refractivity contribution in [3.8, 4) is 5.75 Å². The predicted octanol–water partition coefficient (Wildman–Crippen LogP) is 4.40. The van der Waals surface area contributed by atoms with Crippen LogP contribution in [0.4, 0.5) is 0 Å². The summed E-state index contributed by atoms with van der Waals surface area (Å²) < 4.78 is 11.7. The molecule has 1 rings (SSSR count). The number of carbonyl (C=O) groups excluding carboxylic acids is 1. The highest BCUT2D eigenvalue weighted by Crippen LogP contribution is 2.28. The molecule has 0 fully saturated rings. The van der Waals surface area contributed by atoms with Gasteiger partial charge in [0.2, 0.25) is 0 Å². The van der Waals surface area contributed by atoms with Gasteiger partial charge in [0, 0.05) is 25.7 Å². The Kier molecular flexibility index (Phi) is 8.01. The summed E-state index contributed by atoms with van der Waals surface area (Å²) in [5, 5.41) is 0. The van der Waals surface area contributed by atoms with Crippen molar-refractivity contribution in [3.05, 3.63) is 40.9 Å². The molecule has 4 nitrogen and oxygen atoms in total. The zero-order valence-corrected chi connectivity index (χ0v) is 17.0. The number of carbonyl (C=O) groups is 1. The Morgan fingerprint density at radius 1 is 1.39 bits per heavy atom. The molecule has 0 N–H and O–H groups in total. The van der Waals surface area contributed by atoms with E-state index in [2.05, 4.69) is 42.1 Å². The van der Waals surface area contributed by atoms with Gasteiger partial charge in [0.25, 0.3) is 5.91 Å². The molecule has 0 atom stereocenters. The van der Waals surface area contributed by atoms with Crippen molar-refractivity contribution in [1.82, 2.24) is 4.90 Å². The van der Waals surface area contributed by atoms with Crippen molar-refractivity contribution >= 4 is 29.9 Å². The van der Waals surface area contributed by atoms with E-state index in [-0.39, 0.29) is 12.6 Å². The van der Waals surface area contributed by atoms with E-state index >= 15 is 0 Å². The Morgan fingerprint density at radius 2 is 2.09 bits per heavy atom. The number of amides is 1. The summed E-state index contributed by atoms with van der Waals surface area (Å²) in [6.07, 6.45) is 1.70. The Hall–Kier alpha value is -1.11. The van der Waals surface area contributed by atoms with Gasteiger partial charge >= 0.3 is 0 Å². The Morgan fingerprint density at radius 3 is 2.65 bits per heavy atom. The van der Waals surface area contributed by atoms with Crippen molar-refractivity contribution < 1.29 is 14.3 Å². The van der Waals surface area contributed by atoms with Crippen molar-refractivity contribution in [3.63, 3.8) is 0 Å². The molecular formula is C17H26BrNO3Si. The van der Waals surface area contributed by atoms with Gasteiger partial charge in [-0.3, -0.25) is 4.79 Å².